The van der Waals surface area contributed by atoms with Crippen LogP contribution in [0.3, 0.4) is 0 Å². The standard InChI is InChI=1S/C16H23BrN2O3/c1-16(2,3)22-15(21)19-8-5-11(6-9-19)14(20)12-4-7-18-10-13(12)17/h4,7,10-11,14,20H,5-6,8-9H2,1-3H3/t14-/m1/s1. The van der Waals surface area contributed by atoms with E-state index in [4.69, 9.17) is 4.74 Å². The molecule has 1 aliphatic heterocycles. The lowest BCUT2D eigenvalue weighted by Crippen LogP contribution is -2.42. The average Bonchev–Trinajstić information content (AvgIpc) is 2.45. The maximum Gasteiger partial charge on any atom is 0.410 e. The van der Waals surface area contributed by atoms with Crippen LogP contribution in [0.4, 0.5) is 4.79 Å². The van der Waals surface area contributed by atoms with E-state index in [1.165, 1.54) is 0 Å². The zero-order chi connectivity index (χ0) is 16.3. The minimum atomic E-state index is -0.543. The molecule has 2 heterocycles. The van der Waals surface area contributed by atoms with Gasteiger partial charge in [-0.1, -0.05) is 0 Å². The molecule has 0 saturated carbocycles. The molecule has 1 fully saturated rings. The Morgan fingerprint density at radius 1 is 1.45 bits per heavy atom. The summed E-state index contributed by atoms with van der Waals surface area (Å²) in [5.74, 6) is 0.136. The van der Waals surface area contributed by atoms with Gasteiger partial charge >= 0.3 is 6.09 Å². The molecule has 1 N–H and O–H groups in total. The fourth-order valence-corrected chi connectivity index (χ4v) is 3.09. The average molecular weight is 371 g/mol. The molecule has 0 bridgehead atoms. The third kappa shape index (κ3) is 4.43. The number of halogens is 1. The van der Waals surface area contributed by atoms with Crippen molar-refractivity contribution in [2.24, 2.45) is 5.92 Å². The summed E-state index contributed by atoms with van der Waals surface area (Å²) in [5, 5.41) is 10.5. The molecular weight excluding hydrogens is 348 g/mol. The van der Waals surface area contributed by atoms with E-state index in [9.17, 15) is 9.90 Å². The number of ether oxygens (including phenoxy) is 1. The van der Waals surface area contributed by atoms with E-state index in [1.54, 1.807) is 17.3 Å². The van der Waals surface area contributed by atoms with Gasteiger partial charge < -0.3 is 14.7 Å². The first kappa shape index (κ1) is 17.2. The van der Waals surface area contributed by atoms with Gasteiger partial charge in [0.15, 0.2) is 0 Å². The van der Waals surface area contributed by atoms with Crippen LogP contribution in [-0.4, -0.2) is 39.8 Å². The second-order valence-corrected chi connectivity index (χ2v) is 7.50. The second kappa shape index (κ2) is 6.96. The van der Waals surface area contributed by atoms with Gasteiger partial charge in [0.2, 0.25) is 0 Å². The molecule has 0 unspecified atom stereocenters. The van der Waals surface area contributed by atoms with Gasteiger partial charge in [0.25, 0.3) is 0 Å². The minimum Gasteiger partial charge on any atom is -0.444 e. The molecule has 0 radical (unpaired) electrons. The molecule has 122 valence electrons. The predicted molar refractivity (Wildman–Crippen MR) is 87.4 cm³/mol. The molecule has 2 rings (SSSR count). The quantitative estimate of drug-likeness (QED) is 0.864. The van der Waals surface area contributed by atoms with E-state index >= 15 is 0 Å². The Hall–Kier alpha value is -1.14. The van der Waals surface area contributed by atoms with Crippen LogP contribution in [0.25, 0.3) is 0 Å². The van der Waals surface area contributed by atoms with Crippen molar-refractivity contribution < 1.29 is 14.6 Å². The summed E-state index contributed by atoms with van der Waals surface area (Å²) in [7, 11) is 0. The number of likely N-dealkylation sites (tertiary alicyclic amines) is 1. The van der Waals surface area contributed by atoms with Crippen LogP contribution in [0, 0.1) is 5.92 Å². The summed E-state index contributed by atoms with van der Waals surface area (Å²) in [5.41, 5.74) is 0.376. The third-order valence-electron chi connectivity index (χ3n) is 3.76. The predicted octanol–water partition coefficient (Wildman–Crippen LogP) is 3.52. The summed E-state index contributed by atoms with van der Waals surface area (Å²) in [6.07, 6.45) is 4.07. The zero-order valence-electron chi connectivity index (χ0n) is 13.3. The number of rotatable bonds is 2. The monoisotopic (exact) mass is 370 g/mol. The highest BCUT2D eigenvalue weighted by atomic mass is 79.9. The molecule has 1 amide bonds. The van der Waals surface area contributed by atoms with Gasteiger partial charge in [-0.05, 0) is 67.1 Å². The molecule has 22 heavy (non-hydrogen) atoms. The third-order valence-corrected chi connectivity index (χ3v) is 4.42. The number of pyridine rings is 1. The molecule has 6 heteroatoms. The van der Waals surface area contributed by atoms with Gasteiger partial charge in [0, 0.05) is 30.0 Å². The van der Waals surface area contributed by atoms with Crippen molar-refractivity contribution in [3.05, 3.63) is 28.5 Å². The van der Waals surface area contributed by atoms with Gasteiger partial charge in [0.1, 0.15) is 5.60 Å². The summed E-state index contributed by atoms with van der Waals surface area (Å²) < 4.78 is 6.20. The summed E-state index contributed by atoms with van der Waals surface area (Å²) in [4.78, 5) is 17.8. The van der Waals surface area contributed by atoms with E-state index < -0.39 is 11.7 Å². The highest BCUT2D eigenvalue weighted by Crippen LogP contribution is 2.34. The van der Waals surface area contributed by atoms with Crippen molar-refractivity contribution in [3.8, 4) is 0 Å². The minimum absolute atomic E-state index is 0.136. The number of hydrogen-bond donors (Lipinski definition) is 1. The maximum atomic E-state index is 12.0. The molecule has 0 aromatic carbocycles. The molecule has 1 aromatic rings. The largest absolute Gasteiger partial charge is 0.444 e. The van der Waals surface area contributed by atoms with Crippen LogP contribution >= 0.6 is 15.9 Å². The van der Waals surface area contributed by atoms with E-state index in [-0.39, 0.29) is 12.0 Å². The molecule has 1 aliphatic rings. The number of piperidine rings is 1. The molecule has 0 aliphatic carbocycles. The van der Waals surface area contributed by atoms with Crippen LogP contribution in [-0.2, 0) is 4.74 Å². The van der Waals surface area contributed by atoms with E-state index in [2.05, 4.69) is 20.9 Å². The fourth-order valence-electron chi connectivity index (χ4n) is 2.60. The zero-order valence-corrected chi connectivity index (χ0v) is 14.8. The van der Waals surface area contributed by atoms with Gasteiger partial charge in [0.05, 0.1) is 6.10 Å². The Balaban J connectivity index is 1.92. The van der Waals surface area contributed by atoms with Crippen molar-refractivity contribution in [1.29, 1.82) is 0 Å². The lowest BCUT2D eigenvalue weighted by atomic mass is 9.88. The number of carbonyl (C=O) groups excluding carboxylic acids is 1. The van der Waals surface area contributed by atoms with Gasteiger partial charge in [-0.3, -0.25) is 4.98 Å². The summed E-state index contributed by atoms with van der Waals surface area (Å²) >= 11 is 3.42. The number of amides is 1. The molecular formula is C16H23BrN2O3. The Morgan fingerprint density at radius 2 is 2.09 bits per heavy atom. The van der Waals surface area contributed by atoms with Crippen molar-refractivity contribution in [2.75, 3.05) is 13.1 Å². The van der Waals surface area contributed by atoms with Crippen LogP contribution in [0.2, 0.25) is 0 Å². The molecule has 1 aromatic heterocycles. The van der Waals surface area contributed by atoms with Crippen molar-refractivity contribution in [1.82, 2.24) is 9.88 Å². The lowest BCUT2D eigenvalue weighted by molar-refractivity contribution is 0.00757. The van der Waals surface area contributed by atoms with E-state index in [0.29, 0.717) is 13.1 Å². The lowest BCUT2D eigenvalue weighted by Gasteiger charge is -2.35. The first-order valence-electron chi connectivity index (χ1n) is 7.53. The number of aliphatic hydroxyl groups is 1. The highest BCUT2D eigenvalue weighted by Gasteiger charge is 2.31. The van der Waals surface area contributed by atoms with Crippen molar-refractivity contribution in [3.63, 3.8) is 0 Å². The number of hydrogen-bond acceptors (Lipinski definition) is 4. The Kier molecular flexibility index (Phi) is 5.45. The molecule has 0 spiro atoms. The topological polar surface area (TPSA) is 62.7 Å². The fraction of sp³-hybridized carbons (Fsp3) is 0.625. The van der Waals surface area contributed by atoms with Crippen LogP contribution in [0.5, 0.6) is 0 Å². The molecule has 5 nitrogen and oxygen atoms in total. The van der Waals surface area contributed by atoms with E-state index in [0.717, 1.165) is 22.9 Å². The summed E-state index contributed by atoms with van der Waals surface area (Å²) in [6, 6.07) is 1.83. The van der Waals surface area contributed by atoms with Crippen molar-refractivity contribution >= 4 is 22.0 Å². The summed E-state index contributed by atoms with van der Waals surface area (Å²) in [6.45, 7) is 6.81. The Bertz CT molecular complexity index is 522. The highest BCUT2D eigenvalue weighted by molar-refractivity contribution is 9.10. The second-order valence-electron chi connectivity index (χ2n) is 6.65. The molecule has 1 saturated heterocycles. The number of aliphatic hydroxyl groups excluding tert-OH is 1. The van der Waals surface area contributed by atoms with Gasteiger partial charge in [-0.25, -0.2) is 4.79 Å². The first-order chi connectivity index (χ1) is 10.3. The number of aromatic nitrogens is 1. The molecule has 1 atom stereocenters. The van der Waals surface area contributed by atoms with E-state index in [1.807, 2.05) is 26.8 Å². The Morgan fingerprint density at radius 3 is 2.64 bits per heavy atom. The van der Waals surface area contributed by atoms with Gasteiger partial charge in [-0.15, -0.1) is 0 Å². The normalized spacial score (nSPS) is 18.1. The maximum absolute atomic E-state index is 12.0. The van der Waals surface area contributed by atoms with Crippen molar-refractivity contribution in [2.45, 2.75) is 45.3 Å². The smallest absolute Gasteiger partial charge is 0.410 e. The van der Waals surface area contributed by atoms with Crippen LogP contribution in [0.15, 0.2) is 22.9 Å². The van der Waals surface area contributed by atoms with Gasteiger partial charge in [-0.2, -0.15) is 0 Å². The Labute approximate surface area is 139 Å². The number of nitrogens with zero attached hydrogens (tertiary/aromatic N) is 2. The van der Waals surface area contributed by atoms with Crippen LogP contribution in [0.1, 0.15) is 45.3 Å². The number of carbonyl (C=O) groups is 1. The first-order valence-corrected chi connectivity index (χ1v) is 8.32. The SMILES string of the molecule is CC(C)(C)OC(=O)N1CCC([C@@H](O)c2ccncc2Br)CC1. The van der Waals surface area contributed by atoms with Crippen LogP contribution < -0.4 is 0 Å².